The highest BCUT2D eigenvalue weighted by Gasteiger charge is 1.99. The van der Waals surface area contributed by atoms with Crippen molar-refractivity contribution in [3.8, 4) is 0 Å². The third-order valence-corrected chi connectivity index (χ3v) is 2.73. The maximum atomic E-state index is 12.5. The standard InChI is InChI=1S/2C8H10FN/c1-6(2)7-3-8(9)5-10-4-7;1-6(2)8-4-3-7(9)5-10-8/h2*3-6H,1-2H3. The van der Waals surface area contributed by atoms with E-state index in [9.17, 15) is 8.78 Å². The lowest BCUT2D eigenvalue weighted by atomic mass is 10.1. The first kappa shape index (κ1) is 16.2. The molecule has 0 N–H and O–H groups in total. The second-order valence-electron chi connectivity index (χ2n) is 5.15. The molecule has 0 aliphatic rings. The number of rotatable bonds is 2. The molecule has 0 unspecified atom stereocenters. The molecule has 2 nitrogen and oxygen atoms in total. The predicted octanol–water partition coefficient (Wildman–Crippen LogP) is 4.69. The van der Waals surface area contributed by atoms with Gasteiger partial charge in [-0.3, -0.25) is 9.97 Å². The van der Waals surface area contributed by atoms with Crippen LogP contribution in [0.1, 0.15) is 50.8 Å². The van der Waals surface area contributed by atoms with Gasteiger partial charge in [-0.25, -0.2) is 8.78 Å². The highest BCUT2D eigenvalue weighted by molar-refractivity contribution is 5.13. The molecule has 0 saturated carbocycles. The second-order valence-corrected chi connectivity index (χ2v) is 5.15. The fourth-order valence-electron chi connectivity index (χ4n) is 1.47. The topological polar surface area (TPSA) is 25.8 Å². The Bertz CT molecular complexity index is 522. The van der Waals surface area contributed by atoms with E-state index in [2.05, 4.69) is 9.97 Å². The zero-order chi connectivity index (χ0) is 15.1. The van der Waals surface area contributed by atoms with Gasteiger partial charge in [0.15, 0.2) is 0 Å². The number of hydrogen-bond acceptors (Lipinski definition) is 2. The average Bonchev–Trinajstić information content (AvgIpc) is 2.40. The van der Waals surface area contributed by atoms with Gasteiger partial charge >= 0.3 is 0 Å². The Kier molecular flexibility index (Phi) is 6.22. The van der Waals surface area contributed by atoms with E-state index in [0.29, 0.717) is 11.8 Å². The van der Waals surface area contributed by atoms with Gasteiger partial charge in [-0.05, 0) is 35.6 Å². The molecule has 0 aromatic carbocycles. The molecule has 2 aromatic rings. The molecule has 0 bridgehead atoms. The first-order valence-electron chi connectivity index (χ1n) is 6.62. The summed E-state index contributed by atoms with van der Waals surface area (Å²) in [6.45, 7) is 8.08. The van der Waals surface area contributed by atoms with Crippen molar-refractivity contribution in [1.29, 1.82) is 0 Å². The quantitative estimate of drug-likeness (QED) is 0.796. The zero-order valence-electron chi connectivity index (χ0n) is 12.3. The van der Waals surface area contributed by atoms with E-state index in [1.54, 1.807) is 12.3 Å². The Morgan fingerprint density at radius 2 is 1.55 bits per heavy atom. The lowest BCUT2D eigenvalue weighted by Gasteiger charge is -2.02. The normalized spacial score (nSPS) is 10.4. The summed E-state index contributed by atoms with van der Waals surface area (Å²) in [6, 6.07) is 4.65. The second kappa shape index (κ2) is 7.68. The minimum Gasteiger partial charge on any atom is -0.261 e. The summed E-state index contributed by atoms with van der Waals surface area (Å²) in [4.78, 5) is 7.63. The van der Waals surface area contributed by atoms with Crippen LogP contribution in [0.2, 0.25) is 0 Å². The van der Waals surface area contributed by atoms with Gasteiger partial charge in [0.1, 0.15) is 11.6 Å². The maximum absolute atomic E-state index is 12.5. The largest absolute Gasteiger partial charge is 0.261 e. The van der Waals surface area contributed by atoms with Crippen LogP contribution < -0.4 is 0 Å². The minimum absolute atomic E-state index is 0.258. The van der Waals surface area contributed by atoms with Gasteiger partial charge < -0.3 is 0 Å². The summed E-state index contributed by atoms with van der Waals surface area (Å²) in [5, 5.41) is 0. The Balaban J connectivity index is 0.000000200. The molecule has 108 valence electrons. The van der Waals surface area contributed by atoms with Gasteiger partial charge in [-0.2, -0.15) is 0 Å². The summed E-state index contributed by atoms with van der Waals surface area (Å²) in [5.74, 6) is 0.194. The van der Waals surface area contributed by atoms with Gasteiger partial charge in [0.2, 0.25) is 0 Å². The van der Waals surface area contributed by atoms with Gasteiger partial charge in [0.05, 0.1) is 12.4 Å². The molecule has 0 fully saturated rings. The number of aromatic nitrogens is 2. The molecule has 0 spiro atoms. The molecule has 0 atom stereocenters. The third-order valence-electron chi connectivity index (χ3n) is 2.73. The van der Waals surface area contributed by atoms with E-state index in [4.69, 9.17) is 0 Å². The minimum atomic E-state index is -0.274. The van der Waals surface area contributed by atoms with E-state index in [-0.39, 0.29) is 11.6 Å². The van der Waals surface area contributed by atoms with Crippen molar-refractivity contribution in [3.63, 3.8) is 0 Å². The molecule has 2 heterocycles. The van der Waals surface area contributed by atoms with E-state index < -0.39 is 0 Å². The fourth-order valence-corrected chi connectivity index (χ4v) is 1.47. The van der Waals surface area contributed by atoms with Crippen molar-refractivity contribution in [2.45, 2.75) is 39.5 Å². The SMILES string of the molecule is CC(C)c1ccc(F)cn1.CC(C)c1cncc(F)c1. The number of nitrogens with zero attached hydrogens (tertiary/aromatic N) is 2. The van der Waals surface area contributed by atoms with Crippen LogP contribution in [-0.2, 0) is 0 Å². The van der Waals surface area contributed by atoms with E-state index in [1.807, 2.05) is 27.7 Å². The number of pyridine rings is 2. The number of halogens is 2. The van der Waals surface area contributed by atoms with Crippen LogP contribution in [0, 0.1) is 11.6 Å². The summed E-state index contributed by atoms with van der Waals surface area (Å²) in [7, 11) is 0. The first-order chi connectivity index (χ1) is 9.40. The maximum Gasteiger partial charge on any atom is 0.141 e. The lowest BCUT2D eigenvalue weighted by molar-refractivity contribution is 0.616. The van der Waals surface area contributed by atoms with Crippen LogP contribution in [-0.4, -0.2) is 9.97 Å². The highest BCUT2D eigenvalue weighted by Crippen LogP contribution is 2.12. The van der Waals surface area contributed by atoms with Crippen LogP contribution in [0.5, 0.6) is 0 Å². The Hall–Kier alpha value is -1.84. The van der Waals surface area contributed by atoms with Crippen LogP contribution in [0.4, 0.5) is 8.78 Å². The summed E-state index contributed by atoms with van der Waals surface area (Å²) < 4.78 is 24.8. The molecule has 0 saturated heterocycles. The number of hydrogen-bond donors (Lipinski definition) is 0. The molecule has 4 heteroatoms. The van der Waals surface area contributed by atoms with Crippen LogP contribution in [0.3, 0.4) is 0 Å². The predicted molar refractivity (Wildman–Crippen MR) is 76.6 cm³/mol. The summed E-state index contributed by atoms with van der Waals surface area (Å²) in [6.07, 6.45) is 4.15. The Labute approximate surface area is 118 Å². The highest BCUT2D eigenvalue weighted by atomic mass is 19.1. The van der Waals surface area contributed by atoms with Gasteiger partial charge in [0, 0.05) is 11.9 Å². The lowest BCUT2D eigenvalue weighted by Crippen LogP contribution is -1.91. The smallest absolute Gasteiger partial charge is 0.141 e. The van der Waals surface area contributed by atoms with Crippen LogP contribution in [0.15, 0.2) is 36.8 Å². The molecule has 2 aromatic heterocycles. The fraction of sp³-hybridized carbons (Fsp3) is 0.375. The molecular formula is C16H20F2N2. The third kappa shape index (κ3) is 5.43. The molecule has 20 heavy (non-hydrogen) atoms. The van der Waals surface area contributed by atoms with Crippen molar-refractivity contribution < 1.29 is 8.78 Å². The van der Waals surface area contributed by atoms with Crippen molar-refractivity contribution in [2.24, 2.45) is 0 Å². The van der Waals surface area contributed by atoms with Crippen molar-refractivity contribution in [1.82, 2.24) is 9.97 Å². The molecule has 0 amide bonds. The average molecular weight is 278 g/mol. The Morgan fingerprint density at radius 3 is 1.95 bits per heavy atom. The first-order valence-corrected chi connectivity index (χ1v) is 6.62. The van der Waals surface area contributed by atoms with Crippen molar-refractivity contribution in [2.75, 3.05) is 0 Å². The van der Waals surface area contributed by atoms with Crippen LogP contribution in [0.25, 0.3) is 0 Å². The summed E-state index contributed by atoms with van der Waals surface area (Å²) in [5.41, 5.74) is 1.88. The monoisotopic (exact) mass is 278 g/mol. The van der Waals surface area contributed by atoms with Gasteiger partial charge in [-0.15, -0.1) is 0 Å². The van der Waals surface area contributed by atoms with Gasteiger partial charge in [0.25, 0.3) is 0 Å². The van der Waals surface area contributed by atoms with Crippen molar-refractivity contribution >= 4 is 0 Å². The molecule has 0 aliphatic carbocycles. The van der Waals surface area contributed by atoms with Gasteiger partial charge in [-0.1, -0.05) is 27.7 Å². The molecule has 0 radical (unpaired) electrons. The van der Waals surface area contributed by atoms with E-state index in [0.717, 1.165) is 11.3 Å². The van der Waals surface area contributed by atoms with E-state index >= 15 is 0 Å². The molecule has 2 rings (SSSR count). The zero-order valence-corrected chi connectivity index (χ0v) is 12.3. The summed E-state index contributed by atoms with van der Waals surface area (Å²) >= 11 is 0. The van der Waals surface area contributed by atoms with Crippen LogP contribution >= 0.6 is 0 Å². The molecular weight excluding hydrogens is 258 g/mol. The van der Waals surface area contributed by atoms with Crippen molar-refractivity contribution in [3.05, 3.63) is 59.7 Å². The van der Waals surface area contributed by atoms with E-state index in [1.165, 1.54) is 24.5 Å². The molecule has 0 aliphatic heterocycles. The Morgan fingerprint density at radius 1 is 0.850 bits per heavy atom.